The number of benzene rings is 2. The Balaban J connectivity index is 1.66. The van der Waals surface area contributed by atoms with Gasteiger partial charge < -0.3 is 10.2 Å². The molecule has 4 nitrogen and oxygen atoms in total. The Kier molecular flexibility index (Phi) is 6.34. The first kappa shape index (κ1) is 18.5. The molecule has 1 atom stereocenters. The van der Waals surface area contributed by atoms with Crippen LogP contribution in [0.2, 0.25) is 0 Å². The van der Waals surface area contributed by atoms with E-state index in [9.17, 15) is 9.59 Å². The molecule has 0 spiro atoms. The molecule has 26 heavy (non-hydrogen) atoms. The molecular formula is C21H24N2O2S. The van der Waals surface area contributed by atoms with Crippen LogP contribution in [0.4, 0.5) is 5.69 Å². The number of carbonyl (C=O) groups is 2. The van der Waals surface area contributed by atoms with Crippen LogP contribution >= 0.6 is 11.8 Å². The Hall–Kier alpha value is -2.27. The van der Waals surface area contributed by atoms with Crippen molar-refractivity contribution in [1.29, 1.82) is 0 Å². The van der Waals surface area contributed by atoms with Gasteiger partial charge in [-0.25, -0.2) is 0 Å². The quantitative estimate of drug-likeness (QED) is 0.787. The largest absolute Gasteiger partial charge is 0.342 e. The molecule has 2 aromatic rings. The lowest BCUT2D eigenvalue weighted by Gasteiger charge is -2.16. The number of para-hydroxylation sites is 1. The molecule has 0 saturated carbocycles. The summed E-state index contributed by atoms with van der Waals surface area (Å²) in [5, 5.41) is 3.03. The van der Waals surface area contributed by atoms with Crippen LogP contribution in [0.3, 0.4) is 0 Å². The van der Waals surface area contributed by atoms with Crippen LogP contribution in [0, 0.1) is 5.92 Å². The van der Waals surface area contributed by atoms with Gasteiger partial charge in [0, 0.05) is 29.3 Å². The van der Waals surface area contributed by atoms with Gasteiger partial charge in [0.1, 0.15) is 0 Å². The van der Waals surface area contributed by atoms with Crippen LogP contribution in [0.25, 0.3) is 0 Å². The third-order valence-corrected chi connectivity index (χ3v) is 5.57. The van der Waals surface area contributed by atoms with Gasteiger partial charge in [0.25, 0.3) is 0 Å². The predicted octanol–water partition coefficient (Wildman–Crippen LogP) is 4.42. The van der Waals surface area contributed by atoms with Crippen LogP contribution in [0.15, 0.2) is 64.4 Å². The van der Waals surface area contributed by atoms with Crippen molar-refractivity contribution in [3.05, 3.63) is 54.6 Å². The van der Waals surface area contributed by atoms with Crippen molar-refractivity contribution in [3.63, 3.8) is 0 Å². The number of anilines is 1. The van der Waals surface area contributed by atoms with E-state index in [1.807, 2.05) is 59.5 Å². The Labute approximate surface area is 159 Å². The van der Waals surface area contributed by atoms with Crippen LogP contribution in [-0.4, -0.2) is 29.8 Å². The molecule has 1 aliphatic heterocycles. The number of hydrogen-bond acceptors (Lipinski definition) is 3. The van der Waals surface area contributed by atoms with Gasteiger partial charge in [0.15, 0.2) is 0 Å². The van der Waals surface area contributed by atoms with Crippen molar-refractivity contribution in [3.8, 4) is 0 Å². The third-order valence-electron chi connectivity index (χ3n) is 4.48. The minimum Gasteiger partial charge on any atom is -0.342 e. The second-order valence-corrected chi connectivity index (χ2v) is 7.61. The molecule has 2 aromatic carbocycles. The first-order valence-corrected chi connectivity index (χ1v) is 9.89. The molecule has 2 amide bonds. The average molecular weight is 369 g/mol. The Morgan fingerprint density at radius 3 is 2.65 bits per heavy atom. The number of hydrogen-bond donors (Lipinski definition) is 1. The van der Waals surface area contributed by atoms with Crippen molar-refractivity contribution in [2.75, 3.05) is 18.4 Å². The van der Waals surface area contributed by atoms with Gasteiger partial charge in [-0.2, -0.15) is 0 Å². The summed E-state index contributed by atoms with van der Waals surface area (Å²) in [4.78, 5) is 28.7. The predicted molar refractivity (Wildman–Crippen MR) is 105 cm³/mol. The summed E-state index contributed by atoms with van der Waals surface area (Å²) in [5.41, 5.74) is 0.797. The fourth-order valence-corrected chi connectivity index (χ4v) is 3.94. The van der Waals surface area contributed by atoms with E-state index in [-0.39, 0.29) is 17.7 Å². The summed E-state index contributed by atoms with van der Waals surface area (Å²) >= 11 is 1.62. The van der Waals surface area contributed by atoms with E-state index in [0.717, 1.165) is 34.9 Å². The fourth-order valence-electron chi connectivity index (χ4n) is 3.02. The number of carbonyl (C=O) groups excluding carboxylic acids is 2. The average Bonchev–Trinajstić information content (AvgIpc) is 3.03. The van der Waals surface area contributed by atoms with E-state index in [2.05, 4.69) is 12.2 Å². The maximum Gasteiger partial charge on any atom is 0.229 e. The van der Waals surface area contributed by atoms with Crippen LogP contribution < -0.4 is 5.32 Å². The summed E-state index contributed by atoms with van der Waals surface area (Å²) in [6.07, 6.45) is 2.34. The molecule has 136 valence electrons. The molecular weight excluding hydrogens is 344 g/mol. The van der Waals surface area contributed by atoms with Crippen LogP contribution in [0.1, 0.15) is 26.2 Å². The molecule has 1 heterocycles. The Morgan fingerprint density at radius 2 is 1.88 bits per heavy atom. The topological polar surface area (TPSA) is 49.4 Å². The molecule has 1 fully saturated rings. The van der Waals surface area contributed by atoms with Crippen molar-refractivity contribution in [2.45, 2.75) is 36.0 Å². The monoisotopic (exact) mass is 368 g/mol. The van der Waals surface area contributed by atoms with E-state index in [1.165, 1.54) is 0 Å². The van der Waals surface area contributed by atoms with Gasteiger partial charge in [0.05, 0.1) is 11.6 Å². The molecule has 0 aromatic heterocycles. The van der Waals surface area contributed by atoms with E-state index in [4.69, 9.17) is 0 Å². The molecule has 0 bridgehead atoms. The fraction of sp³-hybridized carbons (Fsp3) is 0.333. The van der Waals surface area contributed by atoms with Crippen molar-refractivity contribution < 1.29 is 9.59 Å². The highest BCUT2D eigenvalue weighted by Crippen LogP contribution is 2.33. The van der Waals surface area contributed by atoms with Crippen LogP contribution in [-0.2, 0) is 9.59 Å². The van der Waals surface area contributed by atoms with Gasteiger partial charge >= 0.3 is 0 Å². The standard InChI is InChI=1S/C21H24N2O2S/c1-2-3-13-23-15-16(14-20(23)24)21(25)22-18-11-7-8-12-19(18)26-17-9-5-4-6-10-17/h4-12,16H,2-3,13-15H2,1H3,(H,22,25)/t16-/m1/s1. The molecule has 0 aliphatic carbocycles. The lowest BCUT2D eigenvalue weighted by Crippen LogP contribution is -2.29. The molecule has 5 heteroatoms. The van der Waals surface area contributed by atoms with E-state index in [0.29, 0.717) is 13.0 Å². The summed E-state index contributed by atoms with van der Waals surface area (Å²) < 4.78 is 0. The van der Waals surface area contributed by atoms with Gasteiger partial charge in [0.2, 0.25) is 11.8 Å². The van der Waals surface area contributed by atoms with E-state index in [1.54, 1.807) is 11.8 Å². The number of unbranched alkanes of at least 4 members (excludes halogenated alkanes) is 1. The van der Waals surface area contributed by atoms with Crippen molar-refractivity contribution >= 4 is 29.3 Å². The molecule has 3 rings (SSSR count). The zero-order valence-electron chi connectivity index (χ0n) is 15.0. The highest BCUT2D eigenvalue weighted by atomic mass is 32.2. The molecule has 0 unspecified atom stereocenters. The van der Waals surface area contributed by atoms with Crippen LogP contribution in [0.5, 0.6) is 0 Å². The lowest BCUT2D eigenvalue weighted by molar-refractivity contribution is -0.128. The number of nitrogens with zero attached hydrogens (tertiary/aromatic N) is 1. The first-order chi connectivity index (χ1) is 12.7. The smallest absolute Gasteiger partial charge is 0.229 e. The number of amides is 2. The summed E-state index contributed by atoms with van der Waals surface area (Å²) in [5.74, 6) is -0.252. The minimum absolute atomic E-state index is 0.0709. The summed E-state index contributed by atoms with van der Waals surface area (Å²) in [6, 6.07) is 17.9. The van der Waals surface area contributed by atoms with Crippen molar-refractivity contribution in [1.82, 2.24) is 4.90 Å². The first-order valence-electron chi connectivity index (χ1n) is 9.08. The third kappa shape index (κ3) is 4.67. The summed E-state index contributed by atoms with van der Waals surface area (Å²) in [6.45, 7) is 3.38. The molecule has 1 aliphatic rings. The highest BCUT2D eigenvalue weighted by molar-refractivity contribution is 7.99. The molecule has 1 N–H and O–H groups in total. The maximum atomic E-state index is 12.7. The zero-order valence-corrected chi connectivity index (χ0v) is 15.8. The molecule has 0 radical (unpaired) electrons. The number of nitrogens with one attached hydrogen (secondary N) is 1. The summed E-state index contributed by atoms with van der Waals surface area (Å²) in [7, 11) is 0. The SMILES string of the molecule is CCCCN1C[C@H](C(=O)Nc2ccccc2Sc2ccccc2)CC1=O. The van der Waals surface area contributed by atoms with Crippen molar-refractivity contribution in [2.24, 2.45) is 5.92 Å². The number of likely N-dealkylation sites (tertiary alicyclic amines) is 1. The Morgan fingerprint density at radius 1 is 1.15 bits per heavy atom. The zero-order chi connectivity index (χ0) is 18.4. The van der Waals surface area contributed by atoms with Gasteiger partial charge in [-0.3, -0.25) is 9.59 Å². The molecule has 1 saturated heterocycles. The Bertz CT molecular complexity index is 764. The second-order valence-electron chi connectivity index (χ2n) is 6.49. The normalized spacial score (nSPS) is 16.7. The lowest BCUT2D eigenvalue weighted by atomic mass is 10.1. The maximum absolute atomic E-state index is 12.7. The highest BCUT2D eigenvalue weighted by Gasteiger charge is 2.34. The van der Waals surface area contributed by atoms with E-state index >= 15 is 0 Å². The van der Waals surface area contributed by atoms with Gasteiger partial charge in [-0.1, -0.05) is 55.4 Å². The minimum atomic E-state index is -0.269. The second kappa shape index (κ2) is 8.90. The number of rotatable bonds is 7. The van der Waals surface area contributed by atoms with E-state index < -0.39 is 0 Å². The van der Waals surface area contributed by atoms with Gasteiger partial charge in [-0.05, 0) is 30.7 Å². The van der Waals surface area contributed by atoms with Gasteiger partial charge in [-0.15, -0.1) is 0 Å².